The predicted octanol–water partition coefficient (Wildman–Crippen LogP) is 2.21. The predicted molar refractivity (Wildman–Crippen MR) is 41.7 cm³/mol. The Kier molecular flexibility index (Phi) is 1.10. The van der Waals surface area contributed by atoms with Crippen LogP contribution in [0.1, 0.15) is 24.1 Å². The van der Waals surface area contributed by atoms with E-state index in [0.29, 0.717) is 5.92 Å². The number of nitrogens with zero attached hydrogens (tertiary/aromatic N) is 1. The normalized spacial score (nSPS) is 21.1. The molecule has 1 aliphatic rings. The average Bonchev–Trinajstić information content (AvgIpc) is 2.34. The molecule has 1 aromatic rings. The van der Waals surface area contributed by atoms with E-state index in [4.69, 9.17) is 0 Å². The molecule has 0 N–H and O–H groups in total. The molecule has 0 radical (unpaired) electrons. The minimum absolute atomic E-state index is 0.510. The highest BCUT2D eigenvalue weighted by atomic mass is 14.7. The number of pyridine rings is 1. The Labute approximate surface area is 60.4 Å². The number of hydrogen-bond donors (Lipinski definition) is 0. The van der Waals surface area contributed by atoms with Gasteiger partial charge in [-0.15, -0.1) is 0 Å². The van der Waals surface area contributed by atoms with Crippen LogP contribution in [0.4, 0.5) is 0 Å². The highest BCUT2D eigenvalue weighted by molar-refractivity contribution is 5.59. The number of rotatable bonds is 0. The van der Waals surface area contributed by atoms with Crippen molar-refractivity contribution in [1.82, 2.24) is 4.98 Å². The molecule has 1 atom stereocenters. The van der Waals surface area contributed by atoms with E-state index in [1.54, 1.807) is 0 Å². The Morgan fingerprint density at radius 1 is 1.50 bits per heavy atom. The molecule has 1 heterocycles. The van der Waals surface area contributed by atoms with Gasteiger partial charge in [-0.25, -0.2) is 0 Å². The zero-order valence-electron chi connectivity index (χ0n) is 5.91. The van der Waals surface area contributed by atoms with E-state index in [9.17, 15) is 0 Å². The first-order valence-corrected chi connectivity index (χ1v) is 3.51. The van der Waals surface area contributed by atoms with Crippen LogP contribution in [-0.4, -0.2) is 4.98 Å². The summed E-state index contributed by atoms with van der Waals surface area (Å²) >= 11 is 0. The summed E-state index contributed by atoms with van der Waals surface area (Å²) in [7, 11) is 0. The van der Waals surface area contributed by atoms with Gasteiger partial charge in [0.05, 0.1) is 5.69 Å². The van der Waals surface area contributed by atoms with E-state index in [-0.39, 0.29) is 0 Å². The fourth-order valence-electron chi connectivity index (χ4n) is 1.29. The monoisotopic (exact) mass is 131 g/mol. The van der Waals surface area contributed by atoms with Crippen LogP contribution in [0.2, 0.25) is 0 Å². The number of hydrogen-bond acceptors (Lipinski definition) is 1. The number of fused-ring (bicyclic) bond motifs is 1. The molecule has 0 spiro atoms. The summed E-state index contributed by atoms with van der Waals surface area (Å²) < 4.78 is 0. The van der Waals surface area contributed by atoms with Gasteiger partial charge in [-0.2, -0.15) is 0 Å². The topological polar surface area (TPSA) is 12.9 Å². The molecule has 0 saturated heterocycles. The van der Waals surface area contributed by atoms with E-state index in [1.165, 1.54) is 11.3 Å². The van der Waals surface area contributed by atoms with Crippen molar-refractivity contribution < 1.29 is 0 Å². The lowest BCUT2D eigenvalue weighted by Gasteiger charge is -2.00. The van der Waals surface area contributed by atoms with Gasteiger partial charge in [0.15, 0.2) is 0 Å². The Morgan fingerprint density at radius 2 is 2.40 bits per heavy atom. The second-order valence-electron chi connectivity index (χ2n) is 2.63. The molecule has 1 aromatic heterocycles. The third-order valence-corrected chi connectivity index (χ3v) is 1.87. The Morgan fingerprint density at radius 3 is 3.20 bits per heavy atom. The summed E-state index contributed by atoms with van der Waals surface area (Å²) in [6.07, 6.45) is 6.16. The van der Waals surface area contributed by atoms with Gasteiger partial charge in [0.2, 0.25) is 0 Å². The zero-order valence-corrected chi connectivity index (χ0v) is 5.91. The summed E-state index contributed by atoms with van der Waals surface area (Å²) in [5, 5.41) is 0. The van der Waals surface area contributed by atoms with Crippen LogP contribution in [0.5, 0.6) is 0 Å². The maximum absolute atomic E-state index is 4.28. The standard InChI is InChI=1S/C9H9N/c1-7-4-5-8-3-2-6-10-9(7)8/h2-7H,1H3. The lowest BCUT2D eigenvalue weighted by Crippen LogP contribution is -1.89. The maximum Gasteiger partial charge on any atom is 0.0541 e. The highest BCUT2D eigenvalue weighted by Gasteiger charge is 2.11. The minimum Gasteiger partial charge on any atom is -0.260 e. The summed E-state index contributed by atoms with van der Waals surface area (Å²) in [5.74, 6) is 0.510. The Balaban J connectivity index is 2.59. The van der Waals surface area contributed by atoms with Crippen LogP contribution < -0.4 is 0 Å². The molecule has 2 rings (SSSR count). The molecule has 0 fully saturated rings. The molecular weight excluding hydrogens is 122 g/mol. The molecule has 50 valence electrons. The van der Waals surface area contributed by atoms with Crippen LogP contribution >= 0.6 is 0 Å². The van der Waals surface area contributed by atoms with Crippen molar-refractivity contribution in [1.29, 1.82) is 0 Å². The van der Waals surface area contributed by atoms with E-state index in [0.717, 1.165) is 0 Å². The van der Waals surface area contributed by atoms with Gasteiger partial charge >= 0.3 is 0 Å². The second-order valence-corrected chi connectivity index (χ2v) is 2.63. The van der Waals surface area contributed by atoms with Crippen LogP contribution in [0.25, 0.3) is 6.08 Å². The van der Waals surface area contributed by atoms with Gasteiger partial charge in [0, 0.05) is 12.1 Å². The zero-order chi connectivity index (χ0) is 6.97. The van der Waals surface area contributed by atoms with Gasteiger partial charge in [-0.1, -0.05) is 25.1 Å². The van der Waals surface area contributed by atoms with E-state index in [1.807, 2.05) is 12.3 Å². The molecule has 0 aromatic carbocycles. The molecule has 0 amide bonds. The number of aromatic nitrogens is 1. The van der Waals surface area contributed by atoms with Crippen LogP contribution in [0.3, 0.4) is 0 Å². The van der Waals surface area contributed by atoms with Gasteiger partial charge in [0.1, 0.15) is 0 Å². The summed E-state index contributed by atoms with van der Waals surface area (Å²) in [6, 6.07) is 4.07. The molecular formula is C9H9N. The lowest BCUT2D eigenvalue weighted by atomic mass is 10.1. The first-order chi connectivity index (χ1) is 4.88. The first-order valence-electron chi connectivity index (χ1n) is 3.51. The first kappa shape index (κ1) is 5.66. The Hall–Kier alpha value is -1.11. The van der Waals surface area contributed by atoms with Crippen molar-refractivity contribution in [2.75, 3.05) is 0 Å². The third-order valence-electron chi connectivity index (χ3n) is 1.87. The minimum atomic E-state index is 0.510. The summed E-state index contributed by atoms with van der Waals surface area (Å²) in [5.41, 5.74) is 2.48. The second kappa shape index (κ2) is 1.94. The van der Waals surface area contributed by atoms with Crippen molar-refractivity contribution in [3.63, 3.8) is 0 Å². The fourth-order valence-corrected chi connectivity index (χ4v) is 1.29. The average molecular weight is 131 g/mol. The van der Waals surface area contributed by atoms with Crippen LogP contribution in [0.15, 0.2) is 24.4 Å². The molecule has 0 aliphatic heterocycles. The van der Waals surface area contributed by atoms with E-state index in [2.05, 4.69) is 30.1 Å². The molecule has 10 heavy (non-hydrogen) atoms. The largest absolute Gasteiger partial charge is 0.260 e. The van der Waals surface area contributed by atoms with Crippen molar-refractivity contribution >= 4 is 6.08 Å². The van der Waals surface area contributed by atoms with Gasteiger partial charge in [-0.3, -0.25) is 4.98 Å². The molecule has 1 heteroatoms. The van der Waals surface area contributed by atoms with Crippen molar-refractivity contribution in [2.45, 2.75) is 12.8 Å². The quantitative estimate of drug-likeness (QED) is 0.526. The number of allylic oxidation sites excluding steroid dienone is 1. The molecule has 1 aliphatic carbocycles. The third kappa shape index (κ3) is 0.670. The van der Waals surface area contributed by atoms with Crippen LogP contribution in [0, 0.1) is 0 Å². The SMILES string of the molecule is CC1C=Cc2cccnc21. The summed E-state index contributed by atoms with van der Waals surface area (Å²) in [6.45, 7) is 2.16. The van der Waals surface area contributed by atoms with Crippen molar-refractivity contribution in [3.8, 4) is 0 Å². The smallest absolute Gasteiger partial charge is 0.0541 e. The Bertz CT molecular complexity index is 276. The highest BCUT2D eigenvalue weighted by Crippen LogP contribution is 2.26. The van der Waals surface area contributed by atoms with Gasteiger partial charge < -0.3 is 0 Å². The van der Waals surface area contributed by atoms with Gasteiger partial charge in [-0.05, 0) is 11.6 Å². The molecule has 0 saturated carbocycles. The molecule has 1 unspecified atom stereocenters. The maximum atomic E-state index is 4.28. The van der Waals surface area contributed by atoms with E-state index >= 15 is 0 Å². The van der Waals surface area contributed by atoms with Gasteiger partial charge in [0.25, 0.3) is 0 Å². The fraction of sp³-hybridized carbons (Fsp3) is 0.222. The van der Waals surface area contributed by atoms with E-state index < -0.39 is 0 Å². The van der Waals surface area contributed by atoms with Crippen molar-refractivity contribution in [3.05, 3.63) is 35.7 Å². The molecule has 1 nitrogen and oxygen atoms in total. The van der Waals surface area contributed by atoms with Crippen LogP contribution in [-0.2, 0) is 0 Å². The summed E-state index contributed by atoms with van der Waals surface area (Å²) in [4.78, 5) is 4.28. The lowest BCUT2D eigenvalue weighted by molar-refractivity contribution is 0.926. The van der Waals surface area contributed by atoms with Crippen molar-refractivity contribution in [2.24, 2.45) is 0 Å². The molecule has 0 bridgehead atoms.